The molecule has 3 N–H and O–H groups in total. The molecule has 2 aliphatic heterocycles. The van der Waals surface area contributed by atoms with Gasteiger partial charge < -0.3 is 25.2 Å². The lowest BCUT2D eigenvalue weighted by molar-refractivity contribution is -0.129. The topological polar surface area (TPSA) is 128 Å². The molecule has 11 heteroatoms. The van der Waals surface area contributed by atoms with Crippen LogP contribution in [-0.4, -0.2) is 69.7 Å². The predicted molar refractivity (Wildman–Crippen MR) is 135 cm³/mol. The summed E-state index contributed by atoms with van der Waals surface area (Å²) in [5, 5.41) is 13.3. The molecular formula is C25H24N8O3. The molecule has 182 valence electrons. The third-order valence-electron chi connectivity index (χ3n) is 6.39. The number of nitrogens with zero attached hydrogens (tertiary/aromatic N) is 5. The van der Waals surface area contributed by atoms with Gasteiger partial charge in [-0.3, -0.25) is 14.7 Å². The number of aromatic amines is 1. The van der Waals surface area contributed by atoms with Gasteiger partial charge in [-0.1, -0.05) is 0 Å². The van der Waals surface area contributed by atoms with E-state index >= 15 is 0 Å². The van der Waals surface area contributed by atoms with E-state index in [0.717, 1.165) is 43.1 Å². The molecule has 2 amide bonds. The molecule has 0 aliphatic carbocycles. The fourth-order valence-corrected chi connectivity index (χ4v) is 4.45. The minimum atomic E-state index is -0.197. The Balaban J connectivity index is 1.25. The first-order valence-electron chi connectivity index (χ1n) is 11.7. The number of benzene rings is 2. The van der Waals surface area contributed by atoms with Crippen LogP contribution < -0.4 is 20.3 Å². The number of anilines is 4. The summed E-state index contributed by atoms with van der Waals surface area (Å²) in [6.07, 6.45) is 1.65. The minimum absolute atomic E-state index is 0.00526. The van der Waals surface area contributed by atoms with E-state index in [-0.39, 0.29) is 18.4 Å². The summed E-state index contributed by atoms with van der Waals surface area (Å²) in [6, 6.07) is 13.6. The normalized spacial score (nSPS) is 15.3. The molecule has 6 rings (SSSR count). The van der Waals surface area contributed by atoms with Crippen molar-refractivity contribution >= 4 is 45.7 Å². The Morgan fingerprint density at radius 1 is 1.06 bits per heavy atom. The number of carbonyl (C=O) groups is 2. The van der Waals surface area contributed by atoms with Crippen LogP contribution >= 0.6 is 0 Å². The van der Waals surface area contributed by atoms with Crippen LogP contribution in [0.15, 0.2) is 48.7 Å². The summed E-state index contributed by atoms with van der Waals surface area (Å²) < 4.78 is 5.46. The third kappa shape index (κ3) is 4.15. The first kappa shape index (κ1) is 21.8. The number of fused-ring (bicyclic) bond motifs is 2. The summed E-state index contributed by atoms with van der Waals surface area (Å²) in [5.74, 6) is 1.63. The average Bonchev–Trinajstić information content (AvgIpc) is 3.38. The molecule has 0 bridgehead atoms. The Labute approximate surface area is 206 Å². The number of H-pyrrole nitrogens is 1. The third-order valence-corrected chi connectivity index (χ3v) is 6.39. The van der Waals surface area contributed by atoms with Crippen molar-refractivity contribution in [3.8, 4) is 17.1 Å². The van der Waals surface area contributed by atoms with E-state index in [1.165, 1.54) is 0 Å². The molecule has 0 spiro atoms. The van der Waals surface area contributed by atoms with Crippen molar-refractivity contribution in [2.24, 2.45) is 0 Å². The Bertz CT molecular complexity index is 1460. The van der Waals surface area contributed by atoms with Crippen molar-refractivity contribution in [1.29, 1.82) is 0 Å². The first-order valence-corrected chi connectivity index (χ1v) is 11.7. The second-order valence-electron chi connectivity index (χ2n) is 8.74. The fourth-order valence-electron chi connectivity index (χ4n) is 4.45. The zero-order chi connectivity index (χ0) is 24.6. The second-order valence-corrected chi connectivity index (χ2v) is 8.74. The molecule has 4 heterocycles. The highest BCUT2D eigenvalue weighted by molar-refractivity contribution is 5.96. The monoisotopic (exact) mass is 484 g/mol. The molecule has 0 unspecified atom stereocenters. The van der Waals surface area contributed by atoms with Gasteiger partial charge >= 0.3 is 0 Å². The summed E-state index contributed by atoms with van der Waals surface area (Å²) in [5.41, 5.74) is 4.67. The number of aromatic nitrogens is 4. The van der Waals surface area contributed by atoms with Gasteiger partial charge in [-0.25, -0.2) is 9.97 Å². The van der Waals surface area contributed by atoms with Gasteiger partial charge in [0.1, 0.15) is 16.8 Å². The van der Waals surface area contributed by atoms with Gasteiger partial charge in [0.05, 0.1) is 11.9 Å². The highest BCUT2D eigenvalue weighted by Crippen LogP contribution is 2.33. The van der Waals surface area contributed by atoms with Crippen LogP contribution in [0.1, 0.15) is 6.92 Å². The van der Waals surface area contributed by atoms with E-state index in [1.807, 2.05) is 23.1 Å². The number of nitrogens with one attached hydrogen (secondary N) is 3. The van der Waals surface area contributed by atoms with Crippen LogP contribution in [0.3, 0.4) is 0 Å². The van der Waals surface area contributed by atoms with Gasteiger partial charge in [-0.15, -0.1) is 0 Å². The van der Waals surface area contributed by atoms with E-state index in [4.69, 9.17) is 9.72 Å². The summed E-state index contributed by atoms with van der Waals surface area (Å²) in [6.45, 7) is 4.70. The standard InChI is InChI=1S/C25H24N8O3/c1-15(34)32-8-10-33(11-9-32)18-5-3-17(4-6-18)27-25-23-20(13-26-31-23)29-24(30-25)16-2-7-21-19(12-16)28-22(35)14-36-21/h2-7,12-13H,8-11,14H2,1H3,(H,26,31)(H,28,35)(H,27,29,30). The molecule has 11 nitrogen and oxygen atoms in total. The largest absolute Gasteiger partial charge is 0.482 e. The lowest BCUT2D eigenvalue weighted by Gasteiger charge is -2.35. The van der Waals surface area contributed by atoms with Crippen molar-refractivity contribution in [3.05, 3.63) is 48.7 Å². The zero-order valence-corrected chi connectivity index (χ0v) is 19.6. The summed E-state index contributed by atoms with van der Waals surface area (Å²) in [7, 11) is 0. The molecular weight excluding hydrogens is 460 g/mol. The number of hydrogen-bond donors (Lipinski definition) is 3. The smallest absolute Gasteiger partial charge is 0.262 e. The molecule has 1 fully saturated rings. The van der Waals surface area contributed by atoms with Crippen LogP contribution in [0, 0.1) is 0 Å². The van der Waals surface area contributed by atoms with Crippen molar-refractivity contribution in [1.82, 2.24) is 25.1 Å². The Kier molecular flexibility index (Phi) is 5.36. The Hall–Kier alpha value is -4.67. The zero-order valence-electron chi connectivity index (χ0n) is 19.6. The second kappa shape index (κ2) is 8.84. The maximum atomic E-state index is 11.7. The lowest BCUT2D eigenvalue weighted by atomic mass is 10.1. The Morgan fingerprint density at radius 3 is 2.64 bits per heavy atom. The molecule has 0 atom stereocenters. The van der Waals surface area contributed by atoms with Crippen LogP contribution in [0.25, 0.3) is 22.4 Å². The molecule has 2 aromatic carbocycles. The van der Waals surface area contributed by atoms with E-state index in [9.17, 15) is 9.59 Å². The minimum Gasteiger partial charge on any atom is -0.482 e. The highest BCUT2D eigenvalue weighted by atomic mass is 16.5. The molecule has 1 saturated heterocycles. The van der Waals surface area contributed by atoms with E-state index in [2.05, 4.69) is 42.8 Å². The highest BCUT2D eigenvalue weighted by Gasteiger charge is 2.20. The van der Waals surface area contributed by atoms with Gasteiger partial charge in [0.25, 0.3) is 5.91 Å². The lowest BCUT2D eigenvalue weighted by Crippen LogP contribution is -2.48. The van der Waals surface area contributed by atoms with Gasteiger partial charge in [-0.05, 0) is 42.5 Å². The van der Waals surface area contributed by atoms with Gasteiger partial charge in [0.2, 0.25) is 5.91 Å². The van der Waals surface area contributed by atoms with Gasteiger partial charge in [-0.2, -0.15) is 5.10 Å². The summed E-state index contributed by atoms with van der Waals surface area (Å²) in [4.78, 5) is 36.8. The van der Waals surface area contributed by atoms with Crippen molar-refractivity contribution in [3.63, 3.8) is 0 Å². The average molecular weight is 485 g/mol. The Morgan fingerprint density at radius 2 is 1.86 bits per heavy atom. The van der Waals surface area contributed by atoms with Crippen molar-refractivity contribution < 1.29 is 14.3 Å². The number of ether oxygens (including phenoxy) is 1. The SMILES string of the molecule is CC(=O)N1CCN(c2ccc(Nc3nc(-c4ccc5c(c4)NC(=O)CO5)nc4cn[nH]c34)cc2)CC1. The molecule has 0 saturated carbocycles. The van der Waals surface area contributed by atoms with Crippen LogP contribution in [0.5, 0.6) is 5.75 Å². The number of hydrogen-bond acceptors (Lipinski definition) is 8. The maximum absolute atomic E-state index is 11.7. The van der Waals surface area contributed by atoms with Crippen LogP contribution in [-0.2, 0) is 9.59 Å². The fraction of sp³-hybridized carbons (Fsp3) is 0.240. The number of piperazine rings is 1. The van der Waals surface area contributed by atoms with E-state index in [1.54, 1.807) is 25.3 Å². The molecule has 36 heavy (non-hydrogen) atoms. The number of rotatable bonds is 4. The van der Waals surface area contributed by atoms with Gasteiger partial charge in [0, 0.05) is 50.0 Å². The number of carbonyl (C=O) groups excluding carboxylic acids is 2. The van der Waals surface area contributed by atoms with E-state index < -0.39 is 0 Å². The maximum Gasteiger partial charge on any atom is 0.262 e. The van der Waals surface area contributed by atoms with Gasteiger partial charge in [0.15, 0.2) is 18.2 Å². The molecule has 2 aromatic heterocycles. The first-order chi connectivity index (χ1) is 17.5. The van der Waals surface area contributed by atoms with Crippen molar-refractivity contribution in [2.75, 3.05) is 48.3 Å². The predicted octanol–water partition coefficient (Wildman–Crippen LogP) is 2.76. The van der Waals surface area contributed by atoms with Crippen LogP contribution in [0.4, 0.5) is 22.9 Å². The van der Waals surface area contributed by atoms with E-state index in [0.29, 0.717) is 34.1 Å². The molecule has 2 aliphatic rings. The summed E-state index contributed by atoms with van der Waals surface area (Å²) >= 11 is 0. The molecule has 0 radical (unpaired) electrons. The quantitative estimate of drug-likeness (QED) is 0.403. The molecule has 4 aromatic rings. The van der Waals surface area contributed by atoms with Crippen LogP contribution in [0.2, 0.25) is 0 Å². The van der Waals surface area contributed by atoms with Crippen molar-refractivity contribution in [2.45, 2.75) is 6.92 Å². The number of amides is 2.